The average molecular weight is 297 g/mol. The van der Waals surface area contributed by atoms with Gasteiger partial charge in [-0.05, 0) is 29.8 Å². The Hall–Kier alpha value is -3.02. The Labute approximate surface area is 125 Å². The Balaban J connectivity index is 2.07. The number of carboxylic acids is 1. The van der Waals surface area contributed by atoms with Crippen molar-refractivity contribution in [2.75, 3.05) is 0 Å². The topological polar surface area (TPSA) is 68.0 Å². The van der Waals surface area contributed by atoms with Crippen LogP contribution < -0.4 is 0 Å². The zero-order valence-electron chi connectivity index (χ0n) is 11.5. The molecule has 0 saturated carbocycles. The van der Waals surface area contributed by atoms with Crippen molar-refractivity contribution in [3.63, 3.8) is 0 Å². The molecule has 5 nitrogen and oxygen atoms in total. The van der Waals surface area contributed by atoms with Crippen LogP contribution in [0.2, 0.25) is 0 Å². The number of aromatic carboxylic acids is 1. The van der Waals surface area contributed by atoms with Gasteiger partial charge >= 0.3 is 5.97 Å². The third kappa shape index (κ3) is 2.71. The van der Waals surface area contributed by atoms with Gasteiger partial charge in [-0.15, -0.1) is 5.10 Å². The summed E-state index contributed by atoms with van der Waals surface area (Å²) in [6, 6.07) is 15.1. The van der Waals surface area contributed by atoms with Crippen LogP contribution in [0.15, 0.2) is 54.6 Å². The van der Waals surface area contributed by atoms with Gasteiger partial charge in [-0.3, -0.25) is 0 Å². The monoisotopic (exact) mass is 297 g/mol. The Kier molecular flexibility index (Phi) is 3.65. The molecule has 1 N–H and O–H groups in total. The van der Waals surface area contributed by atoms with Crippen LogP contribution in [0.1, 0.15) is 21.7 Å². The maximum atomic E-state index is 13.0. The lowest BCUT2D eigenvalue weighted by Gasteiger charge is -2.07. The quantitative estimate of drug-likeness (QED) is 0.804. The van der Waals surface area contributed by atoms with Crippen LogP contribution >= 0.6 is 0 Å². The van der Waals surface area contributed by atoms with Crippen LogP contribution in [0.3, 0.4) is 0 Å². The van der Waals surface area contributed by atoms with E-state index in [1.807, 2.05) is 30.3 Å². The molecule has 0 spiro atoms. The summed E-state index contributed by atoms with van der Waals surface area (Å²) in [7, 11) is 0. The third-order valence-electron chi connectivity index (χ3n) is 3.25. The van der Waals surface area contributed by atoms with Gasteiger partial charge in [0.1, 0.15) is 5.82 Å². The molecule has 6 heteroatoms. The van der Waals surface area contributed by atoms with Crippen molar-refractivity contribution in [3.05, 3.63) is 77.4 Å². The molecule has 3 aromatic rings. The molecule has 0 bridgehead atoms. The highest BCUT2D eigenvalue weighted by molar-refractivity contribution is 5.86. The molecule has 0 aliphatic carbocycles. The lowest BCUT2D eigenvalue weighted by atomic mass is 10.1. The van der Waals surface area contributed by atoms with Gasteiger partial charge in [0.25, 0.3) is 0 Å². The minimum atomic E-state index is -1.14. The van der Waals surface area contributed by atoms with Crippen molar-refractivity contribution in [2.24, 2.45) is 0 Å². The van der Waals surface area contributed by atoms with Crippen LogP contribution in [-0.4, -0.2) is 26.1 Å². The molecule has 0 unspecified atom stereocenters. The zero-order chi connectivity index (χ0) is 15.5. The summed E-state index contributed by atoms with van der Waals surface area (Å²) in [5.41, 5.74) is 1.85. The summed E-state index contributed by atoms with van der Waals surface area (Å²) < 4.78 is 14.5. The summed E-state index contributed by atoms with van der Waals surface area (Å²) in [5, 5.41) is 16.9. The van der Waals surface area contributed by atoms with Gasteiger partial charge in [-0.25, -0.2) is 13.9 Å². The normalized spacial score (nSPS) is 10.6. The van der Waals surface area contributed by atoms with E-state index in [1.54, 1.807) is 0 Å². The van der Waals surface area contributed by atoms with Crippen molar-refractivity contribution < 1.29 is 14.3 Å². The molecule has 0 amide bonds. The van der Waals surface area contributed by atoms with E-state index in [4.69, 9.17) is 0 Å². The number of hydrogen-bond acceptors (Lipinski definition) is 3. The number of benzene rings is 2. The van der Waals surface area contributed by atoms with E-state index in [-0.39, 0.29) is 11.5 Å². The van der Waals surface area contributed by atoms with E-state index in [9.17, 15) is 14.3 Å². The molecule has 0 radical (unpaired) electrons. The molecule has 1 aromatic heterocycles. The van der Waals surface area contributed by atoms with Crippen molar-refractivity contribution in [3.8, 4) is 5.69 Å². The van der Waals surface area contributed by atoms with Crippen LogP contribution in [0.25, 0.3) is 5.69 Å². The number of halogens is 1. The van der Waals surface area contributed by atoms with E-state index >= 15 is 0 Å². The van der Waals surface area contributed by atoms with Gasteiger partial charge in [0.05, 0.1) is 11.4 Å². The Bertz CT molecular complexity index is 798. The maximum absolute atomic E-state index is 13.0. The second-order valence-corrected chi connectivity index (χ2v) is 4.74. The van der Waals surface area contributed by atoms with E-state index < -0.39 is 5.97 Å². The summed E-state index contributed by atoms with van der Waals surface area (Å²) >= 11 is 0. The molecule has 0 aliphatic rings. The highest BCUT2D eigenvalue weighted by Crippen LogP contribution is 2.17. The minimum Gasteiger partial charge on any atom is -0.476 e. The number of carbonyl (C=O) groups is 1. The third-order valence-corrected chi connectivity index (χ3v) is 3.25. The van der Waals surface area contributed by atoms with Crippen LogP contribution in [0.5, 0.6) is 0 Å². The lowest BCUT2D eigenvalue weighted by molar-refractivity contribution is 0.0689. The van der Waals surface area contributed by atoms with Crippen LogP contribution in [0, 0.1) is 5.82 Å². The Morgan fingerprint density at radius 3 is 2.41 bits per heavy atom. The Morgan fingerprint density at radius 1 is 1.09 bits per heavy atom. The van der Waals surface area contributed by atoms with Gasteiger partial charge in [0.2, 0.25) is 0 Å². The van der Waals surface area contributed by atoms with Crippen molar-refractivity contribution in [2.45, 2.75) is 6.42 Å². The van der Waals surface area contributed by atoms with Gasteiger partial charge in [0.15, 0.2) is 5.69 Å². The molecular formula is C16H12FN3O2. The molecular weight excluding hydrogens is 285 g/mol. The molecule has 0 atom stereocenters. The fourth-order valence-corrected chi connectivity index (χ4v) is 2.21. The first-order valence-corrected chi connectivity index (χ1v) is 6.63. The molecule has 1 heterocycles. The van der Waals surface area contributed by atoms with E-state index in [0.29, 0.717) is 17.8 Å². The van der Waals surface area contributed by atoms with Crippen molar-refractivity contribution >= 4 is 5.97 Å². The summed E-state index contributed by atoms with van der Waals surface area (Å²) in [6.45, 7) is 0. The average Bonchev–Trinajstić information content (AvgIpc) is 2.93. The summed E-state index contributed by atoms with van der Waals surface area (Å²) in [6.07, 6.45) is 0.368. The van der Waals surface area contributed by atoms with E-state index in [0.717, 1.165) is 5.56 Å². The summed E-state index contributed by atoms with van der Waals surface area (Å²) in [5.74, 6) is -1.51. The number of carboxylic acid groups (broad SMARTS) is 1. The predicted molar refractivity (Wildman–Crippen MR) is 77.5 cm³/mol. The van der Waals surface area contributed by atoms with Crippen molar-refractivity contribution in [1.29, 1.82) is 0 Å². The van der Waals surface area contributed by atoms with Gasteiger partial charge in [-0.2, -0.15) is 0 Å². The van der Waals surface area contributed by atoms with Gasteiger partial charge in [0, 0.05) is 6.42 Å². The van der Waals surface area contributed by atoms with Crippen LogP contribution in [0.4, 0.5) is 4.39 Å². The molecule has 0 fully saturated rings. The standard InChI is InChI=1S/C16H12FN3O2/c17-12-6-8-13(9-7-12)20-14(15(16(21)22)18-19-20)10-11-4-2-1-3-5-11/h1-9H,10H2,(H,21,22). The molecule has 2 aromatic carbocycles. The van der Waals surface area contributed by atoms with Crippen LogP contribution in [-0.2, 0) is 6.42 Å². The highest BCUT2D eigenvalue weighted by atomic mass is 19.1. The predicted octanol–water partition coefficient (Wildman–Crippen LogP) is 2.70. The lowest BCUT2D eigenvalue weighted by Crippen LogP contribution is -2.07. The highest BCUT2D eigenvalue weighted by Gasteiger charge is 2.20. The molecule has 110 valence electrons. The fourth-order valence-electron chi connectivity index (χ4n) is 2.21. The maximum Gasteiger partial charge on any atom is 0.358 e. The van der Waals surface area contributed by atoms with Gasteiger partial charge in [-0.1, -0.05) is 35.5 Å². The molecule has 0 saturated heterocycles. The number of aromatic nitrogens is 3. The molecule has 22 heavy (non-hydrogen) atoms. The second kappa shape index (κ2) is 5.77. The molecule has 3 rings (SSSR count). The fraction of sp³-hybridized carbons (Fsp3) is 0.0625. The SMILES string of the molecule is O=C(O)c1nnn(-c2ccc(F)cc2)c1Cc1ccccc1. The van der Waals surface area contributed by atoms with E-state index in [2.05, 4.69) is 10.3 Å². The van der Waals surface area contributed by atoms with E-state index in [1.165, 1.54) is 28.9 Å². The first-order valence-electron chi connectivity index (χ1n) is 6.63. The van der Waals surface area contributed by atoms with Gasteiger partial charge < -0.3 is 5.11 Å². The number of nitrogens with zero attached hydrogens (tertiary/aromatic N) is 3. The number of hydrogen-bond donors (Lipinski definition) is 1. The van der Waals surface area contributed by atoms with Crippen molar-refractivity contribution in [1.82, 2.24) is 15.0 Å². The Morgan fingerprint density at radius 2 is 1.77 bits per heavy atom. The smallest absolute Gasteiger partial charge is 0.358 e. The largest absolute Gasteiger partial charge is 0.476 e. The summed E-state index contributed by atoms with van der Waals surface area (Å²) in [4.78, 5) is 11.3. The second-order valence-electron chi connectivity index (χ2n) is 4.74. The number of rotatable bonds is 4. The first kappa shape index (κ1) is 13.9. The molecule has 0 aliphatic heterocycles. The zero-order valence-corrected chi connectivity index (χ0v) is 11.5. The first-order chi connectivity index (χ1) is 10.6. The minimum absolute atomic E-state index is 0.104.